The largest absolute Gasteiger partial charge is 0.354 e. The van der Waals surface area contributed by atoms with Gasteiger partial charge in [0, 0.05) is 55.7 Å². The van der Waals surface area contributed by atoms with E-state index in [9.17, 15) is 9.59 Å². The minimum Gasteiger partial charge on any atom is -0.354 e. The molecule has 2 aliphatic heterocycles. The van der Waals surface area contributed by atoms with Gasteiger partial charge < -0.3 is 43.5 Å². The zero-order valence-corrected chi connectivity index (χ0v) is 37.8. The third kappa shape index (κ3) is 9.99. The van der Waals surface area contributed by atoms with Gasteiger partial charge in [0.2, 0.25) is 11.8 Å². The van der Waals surface area contributed by atoms with Gasteiger partial charge in [0.15, 0.2) is 0 Å². The maximum atomic E-state index is 13.0. The number of carbonyl (C=O) groups excluding carboxylic acids is 2. The van der Waals surface area contributed by atoms with Gasteiger partial charge in [0.1, 0.15) is 0 Å². The maximum Gasteiger partial charge on any atom is 0.241 e. The number of hydrogen-bond acceptors (Lipinski definition) is 8. The molecule has 3 aromatic heterocycles. The summed E-state index contributed by atoms with van der Waals surface area (Å²) in [6.07, 6.45) is 12.6. The molecule has 12 heteroatoms. The zero-order valence-electron chi connectivity index (χ0n) is 37.8. The van der Waals surface area contributed by atoms with E-state index in [1.54, 1.807) is 0 Å². The van der Waals surface area contributed by atoms with Gasteiger partial charge in [0.05, 0.1) is 34.9 Å². The van der Waals surface area contributed by atoms with E-state index in [0.29, 0.717) is 37.3 Å². The average Bonchev–Trinajstić information content (AvgIpc) is 4.22. The average molecular weight is 901 g/mol. The molecule has 2 aliphatic rings. The van der Waals surface area contributed by atoms with Crippen molar-refractivity contribution in [3.63, 3.8) is 0 Å². The first kappa shape index (κ1) is 45.4. The van der Waals surface area contributed by atoms with E-state index < -0.39 is 12.1 Å². The Morgan fingerprint density at radius 2 is 0.735 bits per heavy atom. The summed E-state index contributed by atoms with van der Waals surface area (Å²) in [5.74, 6) is -0.459. The number of aromatic nitrogens is 4. The van der Waals surface area contributed by atoms with Crippen molar-refractivity contribution in [2.75, 3.05) is 23.7 Å². The quantitative estimate of drug-likeness (QED) is 0.0435. The molecule has 0 fully saturated rings. The molecule has 7 aromatic rings. The topological polar surface area (TPSA) is 220 Å². The van der Waals surface area contributed by atoms with Crippen LogP contribution < -0.4 is 33.6 Å². The third-order valence-electron chi connectivity index (χ3n) is 12.4. The van der Waals surface area contributed by atoms with Crippen LogP contribution in [0.25, 0.3) is 90.9 Å². The minimum absolute atomic E-state index is 0.229. The molecule has 5 heterocycles. The maximum absolute atomic E-state index is 13.0. The molecule has 0 radical (unpaired) electrons. The third-order valence-corrected chi connectivity index (χ3v) is 12.4. The number of hydrogen-bond donors (Lipinski definition) is 8. The Hall–Kier alpha value is -7.74. The predicted molar refractivity (Wildman–Crippen MR) is 280 cm³/mol. The second-order valence-corrected chi connectivity index (χ2v) is 17.1. The normalized spacial score (nSPS) is 12.8. The molecule has 68 heavy (non-hydrogen) atoms. The van der Waals surface area contributed by atoms with Crippen molar-refractivity contribution in [3.05, 3.63) is 156 Å². The van der Waals surface area contributed by atoms with Gasteiger partial charge in [0.25, 0.3) is 0 Å². The van der Waals surface area contributed by atoms with Gasteiger partial charge >= 0.3 is 0 Å². The first-order valence-corrected chi connectivity index (χ1v) is 23.3. The molecule has 4 aromatic carbocycles. The number of amides is 2. The number of anilines is 2. The molecular formula is C56H56N10O2. The van der Waals surface area contributed by atoms with Crippen LogP contribution in [0.5, 0.6) is 0 Å². The Bertz CT molecular complexity index is 2940. The highest BCUT2D eigenvalue weighted by Gasteiger charge is 2.20. The zero-order chi connectivity index (χ0) is 47.0. The standard InChI is InChI=1S/C56H56N10O2/c57-33-9-7-15-41(59)55(67)61-39-21-17-37(18-22-39)53-47-29-25-43(63-47)51(35-11-3-1-4-12-35)44-26-30-48(64-44)54(38-19-23-40(24-20-38)62-56(68)42(60)16-8-10-34-58)50-32-28-46(66-50)52(36-13-5-2-6-14-36)45-27-31-49(53)65-45/h1-6,11-14,17-32,41-42,63,66H,7-10,15-16,33-34,57-60H2,(H,61,67)(H,62,68)/t41-,42-/m0/s1. The fourth-order valence-electron chi connectivity index (χ4n) is 8.82. The second kappa shape index (κ2) is 20.8. The Kier molecular flexibility index (Phi) is 13.9. The second-order valence-electron chi connectivity index (χ2n) is 17.1. The van der Waals surface area contributed by atoms with Crippen molar-refractivity contribution in [1.82, 2.24) is 19.9 Å². The van der Waals surface area contributed by atoms with Crippen LogP contribution in [0.4, 0.5) is 11.4 Å². The number of nitrogens with two attached hydrogens (primary N) is 4. The lowest BCUT2D eigenvalue weighted by Gasteiger charge is -2.13. The Balaban J connectivity index is 1.24. The molecule has 9 rings (SSSR count). The lowest BCUT2D eigenvalue weighted by Crippen LogP contribution is -2.35. The van der Waals surface area contributed by atoms with E-state index >= 15 is 0 Å². The van der Waals surface area contributed by atoms with Gasteiger partial charge in [-0.2, -0.15) is 0 Å². The van der Waals surface area contributed by atoms with Crippen LogP contribution in [0, 0.1) is 0 Å². The molecule has 12 nitrogen and oxygen atoms in total. The molecule has 0 saturated heterocycles. The minimum atomic E-state index is -0.624. The molecule has 0 unspecified atom stereocenters. The molecule has 12 N–H and O–H groups in total. The van der Waals surface area contributed by atoms with Crippen molar-refractivity contribution >= 4 is 69.6 Å². The van der Waals surface area contributed by atoms with Crippen LogP contribution in [-0.2, 0) is 9.59 Å². The summed E-state index contributed by atoms with van der Waals surface area (Å²) in [5, 5.41) is 5.99. The monoisotopic (exact) mass is 900 g/mol. The van der Waals surface area contributed by atoms with Crippen molar-refractivity contribution in [3.8, 4) is 44.5 Å². The Morgan fingerprint density at radius 3 is 1.04 bits per heavy atom. The number of carbonyl (C=O) groups is 2. The number of rotatable bonds is 16. The molecular weight excluding hydrogens is 845 g/mol. The number of unbranched alkanes of at least 4 members (excludes halogenated alkanes) is 2. The number of fused-ring (bicyclic) bond motifs is 8. The van der Waals surface area contributed by atoms with Gasteiger partial charge in [-0.25, -0.2) is 9.97 Å². The molecule has 0 spiro atoms. The number of H-pyrrole nitrogens is 2. The number of benzene rings is 4. The van der Waals surface area contributed by atoms with Crippen molar-refractivity contribution < 1.29 is 9.59 Å². The van der Waals surface area contributed by atoms with Gasteiger partial charge in [-0.3, -0.25) is 9.59 Å². The van der Waals surface area contributed by atoms with E-state index in [2.05, 4.69) is 93.4 Å². The van der Waals surface area contributed by atoms with Crippen LogP contribution in [0.1, 0.15) is 61.3 Å². The van der Waals surface area contributed by atoms with Crippen LogP contribution >= 0.6 is 0 Å². The lowest BCUT2D eigenvalue weighted by atomic mass is 10.0. The molecule has 0 aliphatic carbocycles. The van der Waals surface area contributed by atoms with E-state index in [4.69, 9.17) is 32.9 Å². The smallest absolute Gasteiger partial charge is 0.241 e. The van der Waals surface area contributed by atoms with Gasteiger partial charge in [-0.1, -0.05) is 97.8 Å². The summed E-state index contributed by atoms with van der Waals surface area (Å²) < 4.78 is 0. The van der Waals surface area contributed by atoms with Crippen LogP contribution in [0.15, 0.2) is 133 Å². The SMILES string of the molecule is NCCCC[C@H](N)C(=O)Nc1ccc(-c2c3nc(c(-c4ccccc4)c4ccc([nH]4)c(-c4ccc(NC(=O)[C@@H](N)CCCCN)cc4)c4nc(c(-c5ccccc5)c5ccc2[nH]5)C=C4)C=C3)cc1. The van der Waals surface area contributed by atoms with Crippen molar-refractivity contribution in [2.24, 2.45) is 22.9 Å². The van der Waals surface area contributed by atoms with E-state index in [1.807, 2.05) is 84.9 Å². The highest BCUT2D eigenvalue weighted by atomic mass is 16.2. The summed E-state index contributed by atoms with van der Waals surface area (Å²) in [5.41, 5.74) is 39.1. The Morgan fingerprint density at radius 1 is 0.426 bits per heavy atom. The summed E-state index contributed by atoms with van der Waals surface area (Å²) >= 11 is 0. The molecule has 2 atom stereocenters. The fraction of sp³-hybridized carbons (Fsp3) is 0.179. The van der Waals surface area contributed by atoms with Crippen LogP contribution in [0.3, 0.4) is 0 Å². The Labute approximate surface area is 395 Å². The molecule has 2 amide bonds. The summed E-state index contributed by atoms with van der Waals surface area (Å²) in [6, 6.07) is 43.2. The first-order valence-electron chi connectivity index (χ1n) is 23.3. The number of aromatic amines is 2. The fourth-order valence-corrected chi connectivity index (χ4v) is 8.82. The molecule has 0 saturated carbocycles. The van der Waals surface area contributed by atoms with E-state index in [0.717, 1.165) is 115 Å². The van der Waals surface area contributed by atoms with Gasteiger partial charge in [-0.05, 0) is 134 Å². The highest BCUT2D eigenvalue weighted by molar-refractivity contribution is 6.01. The number of nitrogens with zero attached hydrogens (tertiary/aromatic N) is 2. The highest BCUT2D eigenvalue weighted by Crippen LogP contribution is 2.39. The van der Waals surface area contributed by atoms with Crippen molar-refractivity contribution in [2.45, 2.75) is 50.6 Å². The number of nitrogens with one attached hydrogen (secondary N) is 4. The van der Waals surface area contributed by atoms with Crippen molar-refractivity contribution in [1.29, 1.82) is 0 Å². The van der Waals surface area contributed by atoms with Gasteiger partial charge in [-0.15, -0.1) is 0 Å². The van der Waals surface area contributed by atoms with E-state index in [1.165, 1.54) is 0 Å². The molecule has 342 valence electrons. The van der Waals surface area contributed by atoms with E-state index in [-0.39, 0.29) is 11.8 Å². The lowest BCUT2D eigenvalue weighted by molar-refractivity contribution is -0.118. The predicted octanol–water partition coefficient (Wildman–Crippen LogP) is 10.1. The summed E-state index contributed by atoms with van der Waals surface area (Å²) in [4.78, 5) is 44.4. The molecule has 8 bridgehead atoms. The van der Waals surface area contributed by atoms with Crippen LogP contribution in [-0.4, -0.2) is 56.9 Å². The summed E-state index contributed by atoms with van der Waals surface area (Å²) in [7, 11) is 0. The van der Waals surface area contributed by atoms with Crippen LogP contribution in [0.2, 0.25) is 0 Å². The first-order chi connectivity index (χ1) is 33.3. The summed E-state index contributed by atoms with van der Waals surface area (Å²) in [6.45, 7) is 1.14.